The Bertz CT molecular complexity index is 1010. The summed E-state index contributed by atoms with van der Waals surface area (Å²) in [6.07, 6.45) is -2.33. The van der Waals surface area contributed by atoms with Gasteiger partial charge in [-0.25, -0.2) is 13.2 Å². The van der Waals surface area contributed by atoms with E-state index in [9.17, 15) is 26.3 Å². The first-order chi connectivity index (χ1) is 13.7. The van der Waals surface area contributed by atoms with E-state index in [0.717, 1.165) is 54.8 Å². The summed E-state index contributed by atoms with van der Waals surface area (Å²) in [5, 5.41) is 0. The molecule has 0 N–H and O–H groups in total. The summed E-state index contributed by atoms with van der Waals surface area (Å²) in [5.41, 5.74) is -0.215. The van der Waals surface area contributed by atoms with Gasteiger partial charge in [-0.3, -0.25) is 0 Å². The van der Waals surface area contributed by atoms with Crippen molar-refractivity contribution in [2.75, 3.05) is 0 Å². The first-order valence-corrected chi connectivity index (χ1v) is 8.82. The molecule has 152 valence electrons. The maximum absolute atomic E-state index is 14.4. The van der Waals surface area contributed by atoms with E-state index in [4.69, 9.17) is 0 Å². The molecule has 0 aliphatic heterocycles. The second-order valence-corrected chi connectivity index (χ2v) is 6.43. The van der Waals surface area contributed by atoms with Crippen molar-refractivity contribution in [2.24, 2.45) is 0 Å². The highest BCUT2D eigenvalue weighted by Crippen LogP contribution is 2.36. The summed E-state index contributed by atoms with van der Waals surface area (Å²) in [6.45, 7) is 1.95. The van der Waals surface area contributed by atoms with Crippen LogP contribution in [0.1, 0.15) is 24.5 Å². The van der Waals surface area contributed by atoms with Gasteiger partial charge in [-0.2, -0.15) is 13.2 Å². The van der Waals surface area contributed by atoms with Crippen LogP contribution in [0.2, 0.25) is 0 Å². The second-order valence-electron chi connectivity index (χ2n) is 6.43. The molecule has 0 radical (unpaired) electrons. The third-order valence-electron chi connectivity index (χ3n) is 4.34. The minimum Gasteiger partial charge on any atom is -0.426 e. The van der Waals surface area contributed by atoms with Gasteiger partial charge in [0.1, 0.15) is 0 Å². The fourth-order valence-electron chi connectivity index (χ4n) is 2.85. The van der Waals surface area contributed by atoms with E-state index in [1.165, 1.54) is 12.1 Å². The molecule has 3 aromatic rings. The highest BCUT2D eigenvalue weighted by molar-refractivity contribution is 5.65. The zero-order valence-corrected chi connectivity index (χ0v) is 15.3. The van der Waals surface area contributed by atoms with E-state index in [2.05, 4.69) is 4.74 Å². The van der Waals surface area contributed by atoms with Crippen molar-refractivity contribution >= 4 is 0 Å². The van der Waals surface area contributed by atoms with Gasteiger partial charge in [0.05, 0.1) is 5.56 Å². The second kappa shape index (κ2) is 8.19. The molecule has 0 spiro atoms. The van der Waals surface area contributed by atoms with Gasteiger partial charge in [0.15, 0.2) is 23.2 Å². The molecule has 3 aromatic carbocycles. The van der Waals surface area contributed by atoms with Gasteiger partial charge in [0.2, 0.25) is 5.82 Å². The lowest BCUT2D eigenvalue weighted by Crippen LogP contribution is -2.22. The molecule has 0 bridgehead atoms. The van der Waals surface area contributed by atoms with Crippen LogP contribution >= 0.6 is 0 Å². The van der Waals surface area contributed by atoms with Crippen LogP contribution in [-0.4, -0.2) is 0 Å². The Kier molecular flexibility index (Phi) is 5.86. The standard InChI is InChI=1S/C22H16F6O/c1-2-3-13-4-7-15(8-5-13)22(27,28)29-19-11-9-16(20(25)21(19)26)14-6-10-17(23)18(24)12-14/h4-12H,2-3H2,1H3. The van der Waals surface area contributed by atoms with Crippen molar-refractivity contribution in [3.8, 4) is 16.9 Å². The Morgan fingerprint density at radius 2 is 1.48 bits per heavy atom. The average molecular weight is 410 g/mol. The quantitative estimate of drug-likeness (QED) is 0.398. The van der Waals surface area contributed by atoms with Crippen molar-refractivity contribution in [2.45, 2.75) is 25.9 Å². The van der Waals surface area contributed by atoms with Crippen LogP contribution in [0.5, 0.6) is 5.75 Å². The van der Waals surface area contributed by atoms with Crippen LogP contribution in [-0.2, 0) is 12.5 Å². The smallest absolute Gasteiger partial charge is 0.426 e. The minimum atomic E-state index is -3.90. The van der Waals surface area contributed by atoms with Gasteiger partial charge in [0.25, 0.3) is 0 Å². The molecule has 0 fully saturated rings. The molecular formula is C22H16F6O. The molecule has 0 unspecified atom stereocenters. The first kappa shape index (κ1) is 20.8. The van der Waals surface area contributed by atoms with Gasteiger partial charge in [-0.15, -0.1) is 0 Å². The Morgan fingerprint density at radius 1 is 0.793 bits per heavy atom. The van der Waals surface area contributed by atoms with Gasteiger partial charge in [0, 0.05) is 5.56 Å². The summed E-state index contributed by atoms with van der Waals surface area (Å²) in [7, 11) is 0. The van der Waals surface area contributed by atoms with Crippen molar-refractivity contribution in [1.29, 1.82) is 0 Å². The van der Waals surface area contributed by atoms with E-state index in [1.807, 2.05) is 6.92 Å². The van der Waals surface area contributed by atoms with Crippen LogP contribution in [0, 0.1) is 23.3 Å². The fraction of sp³-hybridized carbons (Fsp3) is 0.182. The highest BCUT2D eigenvalue weighted by Gasteiger charge is 2.36. The Labute approximate surface area is 163 Å². The first-order valence-electron chi connectivity index (χ1n) is 8.82. The van der Waals surface area contributed by atoms with E-state index in [0.29, 0.717) is 6.07 Å². The van der Waals surface area contributed by atoms with Crippen molar-refractivity contribution < 1.29 is 31.1 Å². The summed E-state index contributed by atoms with van der Waals surface area (Å²) in [6, 6.07) is 9.60. The van der Waals surface area contributed by atoms with Crippen LogP contribution < -0.4 is 4.74 Å². The van der Waals surface area contributed by atoms with Gasteiger partial charge < -0.3 is 4.74 Å². The lowest BCUT2D eigenvalue weighted by atomic mass is 10.0. The van der Waals surface area contributed by atoms with Gasteiger partial charge in [-0.05, 0) is 53.9 Å². The van der Waals surface area contributed by atoms with E-state index < -0.39 is 46.3 Å². The average Bonchev–Trinajstić information content (AvgIpc) is 2.68. The number of hydrogen-bond acceptors (Lipinski definition) is 1. The minimum absolute atomic E-state index is 0.148. The van der Waals surface area contributed by atoms with Crippen LogP contribution in [0.4, 0.5) is 26.3 Å². The largest absolute Gasteiger partial charge is 0.426 e. The SMILES string of the molecule is CCCc1ccc(C(F)(F)Oc2ccc(-c3ccc(F)c(F)c3)c(F)c2F)cc1. The maximum atomic E-state index is 14.4. The van der Waals surface area contributed by atoms with Gasteiger partial charge >= 0.3 is 6.11 Å². The molecular weight excluding hydrogens is 394 g/mol. The third-order valence-corrected chi connectivity index (χ3v) is 4.34. The maximum Gasteiger partial charge on any atom is 0.426 e. The van der Waals surface area contributed by atoms with Crippen molar-refractivity contribution in [1.82, 2.24) is 0 Å². The number of aryl methyl sites for hydroxylation is 1. The predicted molar refractivity (Wildman–Crippen MR) is 96.7 cm³/mol. The van der Waals surface area contributed by atoms with E-state index in [1.54, 1.807) is 0 Å². The lowest BCUT2D eigenvalue weighted by molar-refractivity contribution is -0.187. The molecule has 1 nitrogen and oxygen atoms in total. The van der Waals surface area contributed by atoms with Crippen LogP contribution in [0.15, 0.2) is 54.6 Å². The summed E-state index contributed by atoms with van der Waals surface area (Å²) in [4.78, 5) is 0. The third kappa shape index (κ3) is 4.39. The van der Waals surface area contributed by atoms with Crippen molar-refractivity contribution in [3.05, 3.63) is 89.0 Å². The Balaban J connectivity index is 1.89. The summed E-state index contributed by atoms with van der Waals surface area (Å²) in [5.74, 6) is -6.58. The van der Waals surface area contributed by atoms with Crippen LogP contribution in [0.3, 0.4) is 0 Å². The molecule has 0 saturated heterocycles. The zero-order valence-electron chi connectivity index (χ0n) is 15.3. The predicted octanol–water partition coefficient (Wildman–Crippen LogP) is 6.99. The molecule has 0 heterocycles. The number of halogens is 6. The normalized spacial score (nSPS) is 11.6. The number of rotatable bonds is 6. The number of hydrogen-bond donors (Lipinski definition) is 0. The topological polar surface area (TPSA) is 9.23 Å². The molecule has 0 atom stereocenters. The number of alkyl halides is 2. The lowest BCUT2D eigenvalue weighted by Gasteiger charge is -2.19. The van der Waals surface area contributed by atoms with Crippen LogP contribution in [0.25, 0.3) is 11.1 Å². The van der Waals surface area contributed by atoms with E-state index >= 15 is 0 Å². The molecule has 29 heavy (non-hydrogen) atoms. The van der Waals surface area contributed by atoms with Crippen molar-refractivity contribution in [3.63, 3.8) is 0 Å². The Morgan fingerprint density at radius 3 is 2.10 bits per heavy atom. The zero-order chi connectivity index (χ0) is 21.2. The number of benzene rings is 3. The molecule has 0 saturated carbocycles. The molecule has 0 aliphatic carbocycles. The molecule has 0 amide bonds. The monoisotopic (exact) mass is 410 g/mol. The summed E-state index contributed by atoms with van der Waals surface area (Å²) < 4.78 is 88.3. The number of ether oxygens (including phenoxy) is 1. The highest BCUT2D eigenvalue weighted by atomic mass is 19.3. The Hall–Kier alpha value is -2.96. The fourth-order valence-corrected chi connectivity index (χ4v) is 2.85. The molecule has 7 heteroatoms. The summed E-state index contributed by atoms with van der Waals surface area (Å²) >= 11 is 0. The van der Waals surface area contributed by atoms with E-state index in [-0.39, 0.29) is 5.56 Å². The van der Waals surface area contributed by atoms with Gasteiger partial charge in [-0.1, -0.05) is 31.5 Å². The molecule has 3 rings (SSSR count). The molecule has 0 aliphatic rings. The molecule has 0 aromatic heterocycles.